The van der Waals surface area contributed by atoms with Crippen LogP contribution in [0, 0.1) is 5.92 Å². The molecule has 2 atom stereocenters. The molecule has 1 aliphatic heterocycles. The van der Waals surface area contributed by atoms with E-state index < -0.39 is 23.8 Å². The van der Waals surface area contributed by atoms with Crippen LogP contribution < -0.4 is 4.57 Å². The van der Waals surface area contributed by atoms with Crippen LogP contribution in [0.4, 0.5) is 0 Å². The van der Waals surface area contributed by atoms with Crippen LogP contribution in [0.1, 0.15) is 52.0 Å². The van der Waals surface area contributed by atoms with Gasteiger partial charge in [-0.15, -0.1) is 0 Å². The minimum Gasteiger partial charge on any atom is -0.463 e. The third-order valence-corrected chi connectivity index (χ3v) is 5.25. The predicted molar refractivity (Wildman–Crippen MR) is 124 cm³/mol. The number of aliphatic imine (C=N–C) groups is 1. The average molecular weight is 462 g/mol. The van der Waals surface area contributed by atoms with Gasteiger partial charge in [0.05, 0.1) is 18.8 Å². The van der Waals surface area contributed by atoms with Gasteiger partial charge >= 0.3 is 11.9 Å². The minimum absolute atomic E-state index is 0.136. The number of carbonyl (C=O) groups is 2. The van der Waals surface area contributed by atoms with Crippen molar-refractivity contribution < 1.29 is 33.1 Å². The van der Waals surface area contributed by atoms with E-state index >= 15 is 0 Å². The standard InChI is InChI=1S/C25H37N2O6/c1-6-11-30-13-15-32-24(28)21-18(3)26-19(4)22(25(29)33-16-14-31-12-7-2)23(21)20-9-8-10-27(5)17-20/h8-10,17,21,23H,6-7,11-16H2,1-5H3/q+1. The topological polar surface area (TPSA) is 87.3 Å². The molecular weight excluding hydrogens is 424 g/mol. The maximum Gasteiger partial charge on any atom is 0.336 e. The molecule has 0 amide bonds. The van der Waals surface area contributed by atoms with Gasteiger partial charge in [0.1, 0.15) is 26.2 Å². The summed E-state index contributed by atoms with van der Waals surface area (Å²) in [6, 6.07) is 3.78. The highest BCUT2D eigenvalue weighted by Gasteiger charge is 2.43. The van der Waals surface area contributed by atoms with Crippen LogP contribution in [-0.4, -0.2) is 57.3 Å². The maximum absolute atomic E-state index is 13.2. The number of ether oxygens (including phenoxy) is 4. The monoisotopic (exact) mass is 461 g/mol. The zero-order valence-corrected chi connectivity index (χ0v) is 20.5. The van der Waals surface area contributed by atoms with Crippen molar-refractivity contribution in [3.63, 3.8) is 0 Å². The SMILES string of the molecule is CCCOCCOC(=O)C1=C(C)N=C(C)C(C(=O)OCCOCCC)C1c1ccc[n+](C)c1. The number of hydrogen-bond donors (Lipinski definition) is 0. The Hall–Kier alpha value is -2.58. The summed E-state index contributed by atoms with van der Waals surface area (Å²) in [7, 11) is 1.89. The largest absolute Gasteiger partial charge is 0.463 e. The summed E-state index contributed by atoms with van der Waals surface area (Å²) in [5, 5.41) is 0. The third-order valence-electron chi connectivity index (χ3n) is 5.25. The van der Waals surface area contributed by atoms with Crippen LogP contribution in [-0.2, 0) is 35.6 Å². The Labute approximate surface area is 196 Å². The Kier molecular flexibility index (Phi) is 11.2. The van der Waals surface area contributed by atoms with Crippen molar-refractivity contribution in [2.75, 3.05) is 39.6 Å². The molecule has 2 heterocycles. The van der Waals surface area contributed by atoms with Gasteiger partial charge in [0.25, 0.3) is 0 Å². The van der Waals surface area contributed by atoms with Crippen LogP contribution in [0.2, 0.25) is 0 Å². The Morgan fingerprint density at radius 1 is 0.970 bits per heavy atom. The van der Waals surface area contributed by atoms with Crippen LogP contribution in [0.15, 0.2) is 40.8 Å². The van der Waals surface area contributed by atoms with Gasteiger partial charge in [-0.05, 0) is 32.8 Å². The first-order valence-electron chi connectivity index (χ1n) is 11.6. The predicted octanol–water partition coefficient (Wildman–Crippen LogP) is 2.90. The molecule has 0 saturated heterocycles. The van der Waals surface area contributed by atoms with Gasteiger partial charge < -0.3 is 18.9 Å². The van der Waals surface area contributed by atoms with Crippen molar-refractivity contribution >= 4 is 17.7 Å². The summed E-state index contributed by atoms with van der Waals surface area (Å²) in [5.41, 5.74) is 2.32. The summed E-state index contributed by atoms with van der Waals surface area (Å²) in [5.74, 6) is -2.23. The number of carbonyl (C=O) groups excluding carboxylic acids is 2. The molecule has 1 aliphatic rings. The van der Waals surface area contributed by atoms with Crippen molar-refractivity contribution in [3.05, 3.63) is 41.4 Å². The first-order chi connectivity index (χ1) is 15.9. The van der Waals surface area contributed by atoms with Gasteiger partial charge in [-0.1, -0.05) is 13.8 Å². The minimum atomic E-state index is -0.735. The molecule has 33 heavy (non-hydrogen) atoms. The number of rotatable bonds is 13. The number of nitrogens with zero attached hydrogens (tertiary/aromatic N) is 2. The first-order valence-corrected chi connectivity index (χ1v) is 11.6. The van der Waals surface area contributed by atoms with Crippen molar-refractivity contribution in [3.8, 4) is 0 Å². The zero-order chi connectivity index (χ0) is 24.2. The Balaban J connectivity index is 2.29. The average Bonchev–Trinajstić information content (AvgIpc) is 2.78. The van der Waals surface area contributed by atoms with Gasteiger partial charge in [-0.25, -0.2) is 9.36 Å². The highest BCUT2D eigenvalue weighted by molar-refractivity contribution is 6.06. The van der Waals surface area contributed by atoms with E-state index in [9.17, 15) is 9.59 Å². The molecule has 0 bridgehead atoms. The summed E-state index contributed by atoms with van der Waals surface area (Å²) >= 11 is 0. The van der Waals surface area contributed by atoms with E-state index in [1.165, 1.54) is 0 Å². The molecule has 2 rings (SSSR count). The van der Waals surface area contributed by atoms with Crippen molar-refractivity contribution in [1.82, 2.24) is 0 Å². The molecular formula is C25H37N2O6+. The molecule has 1 aromatic heterocycles. The van der Waals surface area contributed by atoms with Crippen LogP contribution in [0.3, 0.4) is 0 Å². The summed E-state index contributed by atoms with van der Waals surface area (Å²) in [6.07, 6.45) is 5.59. The lowest BCUT2D eigenvalue weighted by Crippen LogP contribution is -2.38. The van der Waals surface area contributed by atoms with E-state index in [1.807, 2.05) is 50.0 Å². The fourth-order valence-electron chi connectivity index (χ4n) is 3.82. The van der Waals surface area contributed by atoms with Crippen molar-refractivity contribution in [2.24, 2.45) is 18.0 Å². The molecule has 0 fully saturated rings. The quantitative estimate of drug-likeness (QED) is 0.255. The summed E-state index contributed by atoms with van der Waals surface area (Å²) in [6.45, 7) is 9.76. The Morgan fingerprint density at radius 3 is 2.21 bits per heavy atom. The van der Waals surface area contributed by atoms with E-state index in [0.29, 0.717) is 43.4 Å². The van der Waals surface area contributed by atoms with Gasteiger partial charge in [0.15, 0.2) is 12.4 Å². The molecule has 8 heteroatoms. The van der Waals surface area contributed by atoms with Crippen LogP contribution in [0.5, 0.6) is 0 Å². The third kappa shape index (κ3) is 7.75. The smallest absolute Gasteiger partial charge is 0.336 e. The lowest BCUT2D eigenvalue weighted by molar-refractivity contribution is -0.672. The number of pyridine rings is 1. The molecule has 0 spiro atoms. The Bertz CT molecular complexity index is 864. The van der Waals surface area contributed by atoms with E-state index in [4.69, 9.17) is 18.9 Å². The second kappa shape index (κ2) is 13.9. The van der Waals surface area contributed by atoms with Crippen molar-refractivity contribution in [1.29, 1.82) is 0 Å². The molecule has 0 saturated carbocycles. The highest BCUT2D eigenvalue weighted by Crippen LogP contribution is 2.39. The number of esters is 2. The molecule has 2 unspecified atom stereocenters. The molecule has 1 aromatic rings. The molecule has 182 valence electrons. The van der Waals surface area contributed by atoms with Gasteiger partial charge in [0, 0.05) is 42.2 Å². The number of aryl methyl sites for hydroxylation is 1. The van der Waals surface area contributed by atoms with E-state index in [-0.39, 0.29) is 13.2 Å². The van der Waals surface area contributed by atoms with Gasteiger partial charge in [-0.3, -0.25) is 9.79 Å². The fraction of sp³-hybridized carbons (Fsp3) is 0.600. The van der Waals surface area contributed by atoms with Gasteiger partial charge in [0.2, 0.25) is 0 Å². The van der Waals surface area contributed by atoms with E-state index in [0.717, 1.165) is 18.4 Å². The number of aromatic nitrogens is 1. The lowest BCUT2D eigenvalue weighted by Gasteiger charge is -2.30. The fourth-order valence-corrected chi connectivity index (χ4v) is 3.82. The normalized spacial score (nSPS) is 18.2. The molecule has 0 N–H and O–H groups in total. The summed E-state index contributed by atoms with van der Waals surface area (Å²) in [4.78, 5) is 30.8. The van der Waals surface area contributed by atoms with Crippen molar-refractivity contribution in [2.45, 2.75) is 46.5 Å². The molecule has 0 radical (unpaired) electrons. The molecule has 0 aromatic carbocycles. The van der Waals surface area contributed by atoms with Gasteiger partial charge in [-0.2, -0.15) is 0 Å². The molecule has 8 nitrogen and oxygen atoms in total. The van der Waals surface area contributed by atoms with Crippen LogP contribution in [0.25, 0.3) is 0 Å². The summed E-state index contributed by atoms with van der Waals surface area (Å²) < 4.78 is 23.7. The maximum atomic E-state index is 13.2. The number of allylic oxidation sites excluding steroid dienone is 1. The number of hydrogen-bond acceptors (Lipinski definition) is 7. The van der Waals surface area contributed by atoms with Crippen LogP contribution >= 0.6 is 0 Å². The lowest BCUT2D eigenvalue weighted by atomic mass is 9.76. The Morgan fingerprint density at radius 2 is 1.61 bits per heavy atom. The first kappa shape index (κ1) is 26.7. The highest BCUT2D eigenvalue weighted by atomic mass is 16.6. The van der Waals surface area contributed by atoms with E-state index in [1.54, 1.807) is 13.8 Å². The second-order valence-electron chi connectivity index (χ2n) is 8.04. The van der Waals surface area contributed by atoms with E-state index in [2.05, 4.69) is 4.99 Å². The second-order valence-corrected chi connectivity index (χ2v) is 8.04. The zero-order valence-electron chi connectivity index (χ0n) is 20.5. The molecule has 0 aliphatic carbocycles.